The number of nitrogens with zero attached hydrogens (tertiary/aromatic N) is 2. The predicted octanol–water partition coefficient (Wildman–Crippen LogP) is 7.42. The summed E-state index contributed by atoms with van der Waals surface area (Å²) < 4.78 is 7.81. The van der Waals surface area contributed by atoms with Gasteiger partial charge in [0.15, 0.2) is 0 Å². The minimum Gasteiger partial charge on any atom is -0.478 e. The van der Waals surface area contributed by atoms with E-state index in [4.69, 9.17) is 21.3 Å². The maximum absolute atomic E-state index is 14.0. The predicted molar refractivity (Wildman–Crippen MR) is 159 cm³/mol. The Bertz CT molecular complexity index is 1530. The second-order valence-corrected chi connectivity index (χ2v) is 10.3. The lowest BCUT2D eigenvalue weighted by Gasteiger charge is -2.20. The van der Waals surface area contributed by atoms with Crippen LogP contribution in [0.15, 0.2) is 77.6 Å². The van der Waals surface area contributed by atoms with Crippen molar-refractivity contribution in [2.24, 2.45) is 0 Å². The number of aromatic nitrogens is 2. The summed E-state index contributed by atoms with van der Waals surface area (Å²) in [4.78, 5) is 30.9. The third-order valence-electron chi connectivity index (χ3n) is 6.88. The summed E-state index contributed by atoms with van der Waals surface area (Å²) >= 11 is 6.49. The number of hydrogen-bond acceptors (Lipinski definition) is 4. The fourth-order valence-electron chi connectivity index (χ4n) is 4.89. The van der Waals surface area contributed by atoms with Crippen LogP contribution < -0.4 is 10.3 Å². The van der Waals surface area contributed by atoms with Crippen molar-refractivity contribution < 1.29 is 14.6 Å². The number of benzene rings is 3. The number of carboxylic acid groups (broad SMARTS) is 1. The number of ether oxygens (including phenoxy) is 1. The fourth-order valence-corrected chi connectivity index (χ4v) is 5.12. The van der Waals surface area contributed by atoms with Crippen molar-refractivity contribution in [2.75, 3.05) is 0 Å². The molecule has 3 aromatic carbocycles. The van der Waals surface area contributed by atoms with E-state index < -0.39 is 12.1 Å². The van der Waals surface area contributed by atoms with Gasteiger partial charge in [0.1, 0.15) is 11.6 Å². The Labute approximate surface area is 240 Å². The van der Waals surface area contributed by atoms with Gasteiger partial charge in [-0.2, -0.15) is 0 Å². The van der Waals surface area contributed by atoms with Crippen LogP contribution in [-0.4, -0.2) is 20.6 Å². The molecule has 1 atom stereocenters. The minimum atomic E-state index is -1.12. The third kappa shape index (κ3) is 6.62. The summed E-state index contributed by atoms with van der Waals surface area (Å²) in [6.07, 6.45) is 3.04. The van der Waals surface area contributed by atoms with Gasteiger partial charge in [0.25, 0.3) is 5.56 Å². The van der Waals surface area contributed by atoms with Crippen LogP contribution in [0.3, 0.4) is 0 Å². The number of aliphatic carboxylic acids is 1. The molecular formula is C33H35ClN2O4. The average molecular weight is 559 g/mol. The molecule has 0 aliphatic rings. The van der Waals surface area contributed by atoms with Gasteiger partial charge in [-0.25, -0.2) is 9.78 Å². The molecule has 4 aromatic rings. The van der Waals surface area contributed by atoms with Gasteiger partial charge in [-0.05, 0) is 43.0 Å². The van der Waals surface area contributed by atoms with E-state index in [1.54, 1.807) is 34.9 Å². The lowest BCUT2D eigenvalue weighted by atomic mass is 10.0. The van der Waals surface area contributed by atoms with Crippen LogP contribution in [0.2, 0.25) is 5.02 Å². The molecule has 208 valence electrons. The molecule has 0 fully saturated rings. The van der Waals surface area contributed by atoms with Crippen molar-refractivity contribution in [3.8, 4) is 16.9 Å². The van der Waals surface area contributed by atoms with Gasteiger partial charge in [0.05, 0.1) is 17.8 Å². The Morgan fingerprint density at radius 2 is 1.73 bits per heavy atom. The zero-order valence-corrected chi connectivity index (χ0v) is 23.9. The van der Waals surface area contributed by atoms with Gasteiger partial charge in [0.2, 0.25) is 6.10 Å². The van der Waals surface area contributed by atoms with E-state index in [9.17, 15) is 14.7 Å². The first-order valence-electron chi connectivity index (χ1n) is 13.7. The highest BCUT2D eigenvalue weighted by Gasteiger charge is 2.23. The number of aryl methyl sites for hydroxylation is 3. The SMILES string of the molecule is CCCCc1nc(C)c(-c2ccccc2Cl)c(=O)n1Cc1ccc(OC(C(=O)O)c2ccccc2)c(CCC)c1. The molecule has 0 saturated heterocycles. The van der Waals surface area contributed by atoms with Crippen molar-refractivity contribution in [3.05, 3.63) is 116 Å². The van der Waals surface area contributed by atoms with Crippen LogP contribution in [0.5, 0.6) is 5.75 Å². The second kappa shape index (κ2) is 13.4. The molecule has 6 nitrogen and oxygen atoms in total. The van der Waals surface area contributed by atoms with Crippen LogP contribution in [0.1, 0.15) is 67.4 Å². The first-order valence-corrected chi connectivity index (χ1v) is 14.1. The number of carboxylic acids is 1. The van der Waals surface area contributed by atoms with E-state index in [0.717, 1.165) is 36.2 Å². The summed E-state index contributed by atoms with van der Waals surface area (Å²) in [5.41, 5.74) is 4.11. The van der Waals surface area contributed by atoms with Gasteiger partial charge < -0.3 is 9.84 Å². The molecule has 0 radical (unpaired) electrons. The Balaban J connectivity index is 1.75. The summed E-state index contributed by atoms with van der Waals surface area (Å²) in [5.74, 6) is 0.217. The average Bonchev–Trinajstić information content (AvgIpc) is 2.94. The molecule has 7 heteroatoms. The minimum absolute atomic E-state index is 0.126. The lowest BCUT2D eigenvalue weighted by molar-refractivity contribution is -0.145. The van der Waals surface area contributed by atoms with Crippen molar-refractivity contribution >= 4 is 17.6 Å². The molecule has 4 rings (SSSR count). The molecule has 0 bridgehead atoms. The summed E-state index contributed by atoms with van der Waals surface area (Å²) in [6, 6.07) is 22.0. The third-order valence-corrected chi connectivity index (χ3v) is 7.21. The Morgan fingerprint density at radius 1 is 1.00 bits per heavy atom. The smallest absolute Gasteiger partial charge is 0.349 e. The molecule has 0 aliphatic carbocycles. The van der Waals surface area contributed by atoms with Gasteiger partial charge in [-0.3, -0.25) is 9.36 Å². The van der Waals surface area contributed by atoms with E-state index in [1.165, 1.54) is 0 Å². The zero-order valence-electron chi connectivity index (χ0n) is 23.2. The second-order valence-electron chi connectivity index (χ2n) is 9.90. The van der Waals surface area contributed by atoms with E-state index in [2.05, 4.69) is 13.8 Å². The first kappa shape index (κ1) is 29.1. The molecular weight excluding hydrogens is 524 g/mol. The number of unbranched alkanes of at least 4 members (excludes halogenated alkanes) is 1. The van der Waals surface area contributed by atoms with Crippen molar-refractivity contribution in [3.63, 3.8) is 0 Å². The molecule has 0 aliphatic heterocycles. The van der Waals surface area contributed by atoms with Gasteiger partial charge in [0, 0.05) is 22.6 Å². The Kier molecular flexibility index (Phi) is 9.78. The highest BCUT2D eigenvalue weighted by molar-refractivity contribution is 6.33. The Hall–Kier alpha value is -3.90. The molecule has 1 heterocycles. The maximum atomic E-state index is 14.0. The largest absolute Gasteiger partial charge is 0.478 e. The number of hydrogen-bond donors (Lipinski definition) is 1. The van der Waals surface area contributed by atoms with Gasteiger partial charge >= 0.3 is 5.97 Å². The maximum Gasteiger partial charge on any atom is 0.349 e. The molecule has 40 heavy (non-hydrogen) atoms. The normalized spacial score (nSPS) is 11.8. The number of rotatable bonds is 12. The standard InChI is InChI=1S/C33H35ClN2O4/c1-4-6-17-29-35-22(3)30(26-15-10-11-16-27(26)34)32(37)36(29)21-23-18-19-28(25(20-23)12-5-2)40-31(33(38)39)24-13-8-7-9-14-24/h7-11,13-16,18-20,31H,4-6,12,17,21H2,1-3H3,(H,38,39). The molecule has 1 aromatic heterocycles. The van der Waals surface area contributed by atoms with Crippen molar-refractivity contribution in [2.45, 2.75) is 65.5 Å². The monoisotopic (exact) mass is 558 g/mol. The summed E-state index contributed by atoms with van der Waals surface area (Å²) in [7, 11) is 0. The quantitative estimate of drug-likeness (QED) is 0.196. The highest BCUT2D eigenvalue weighted by Crippen LogP contribution is 2.30. The van der Waals surface area contributed by atoms with Gasteiger partial charge in [-0.15, -0.1) is 0 Å². The van der Waals surface area contributed by atoms with Crippen LogP contribution in [0, 0.1) is 6.92 Å². The number of halogens is 1. The molecule has 0 amide bonds. The lowest BCUT2D eigenvalue weighted by Crippen LogP contribution is -2.28. The van der Waals surface area contributed by atoms with Crippen LogP contribution in [-0.2, 0) is 24.2 Å². The van der Waals surface area contributed by atoms with Gasteiger partial charge in [-0.1, -0.05) is 99.0 Å². The van der Waals surface area contributed by atoms with Crippen LogP contribution in [0.4, 0.5) is 0 Å². The van der Waals surface area contributed by atoms with E-state index in [-0.39, 0.29) is 5.56 Å². The van der Waals surface area contributed by atoms with E-state index in [1.807, 2.05) is 49.4 Å². The fraction of sp³-hybridized carbons (Fsp3) is 0.303. The van der Waals surface area contributed by atoms with Crippen LogP contribution in [0.25, 0.3) is 11.1 Å². The topological polar surface area (TPSA) is 81.4 Å². The van der Waals surface area contributed by atoms with Crippen LogP contribution >= 0.6 is 11.6 Å². The number of carbonyl (C=O) groups is 1. The van der Waals surface area contributed by atoms with E-state index in [0.29, 0.717) is 52.5 Å². The molecule has 1 N–H and O–H groups in total. The molecule has 1 unspecified atom stereocenters. The van der Waals surface area contributed by atoms with Crippen molar-refractivity contribution in [1.29, 1.82) is 0 Å². The molecule has 0 saturated carbocycles. The summed E-state index contributed by atoms with van der Waals surface area (Å²) in [5, 5.41) is 10.4. The summed E-state index contributed by atoms with van der Waals surface area (Å²) in [6.45, 7) is 6.37. The zero-order chi connectivity index (χ0) is 28.6. The highest BCUT2D eigenvalue weighted by atomic mass is 35.5. The Morgan fingerprint density at radius 3 is 2.40 bits per heavy atom. The van der Waals surface area contributed by atoms with E-state index >= 15 is 0 Å². The first-order chi connectivity index (χ1) is 19.3. The molecule has 0 spiro atoms. The van der Waals surface area contributed by atoms with Crippen molar-refractivity contribution in [1.82, 2.24) is 9.55 Å².